The van der Waals surface area contributed by atoms with Crippen LogP contribution < -0.4 is 5.32 Å². The van der Waals surface area contributed by atoms with E-state index in [1.165, 1.54) is 0 Å². The fraction of sp³-hybridized carbons (Fsp3) is 0.833. The molecule has 0 radical (unpaired) electrons. The van der Waals surface area contributed by atoms with Gasteiger partial charge in [-0.25, -0.2) is 4.79 Å². The molecule has 17 heavy (non-hydrogen) atoms. The molecule has 2 N–H and O–H groups in total. The van der Waals surface area contributed by atoms with Gasteiger partial charge in [-0.05, 0) is 18.8 Å². The van der Waals surface area contributed by atoms with Gasteiger partial charge >= 0.3 is 12.0 Å². The molecule has 0 rings (SSSR count). The minimum atomic E-state index is -0.887. The van der Waals surface area contributed by atoms with Gasteiger partial charge in [-0.1, -0.05) is 20.8 Å². The number of nitrogens with zero attached hydrogens (tertiary/aromatic N) is 1. The molecule has 0 aliphatic heterocycles. The van der Waals surface area contributed by atoms with E-state index < -0.39 is 5.97 Å². The molecule has 0 bridgehead atoms. The molecule has 0 heterocycles. The van der Waals surface area contributed by atoms with Crippen molar-refractivity contribution in [1.82, 2.24) is 10.2 Å². The first kappa shape index (κ1) is 15.7. The summed E-state index contributed by atoms with van der Waals surface area (Å²) in [4.78, 5) is 23.9. The molecule has 0 aliphatic rings. The summed E-state index contributed by atoms with van der Waals surface area (Å²) in [7, 11) is 1.73. The number of carboxylic acids is 1. The maximum absolute atomic E-state index is 11.7. The van der Waals surface area contributed by atoms with Gasteiger partial charge in [0.15, 0.2) is 0 Å². The summed E-state index contributed by atoms with van der Waals surface area (Å²) in [5.41, 5.74) is 0. The molecule has 0 fully saturated rings. The Labute approximate surface area is 103 Å². The van der Waals surface area contributed by atoms with E-state index in [1.807, 2.05) is 6.92 Å². The molecule has 1 atom stereocenters. The van der Waals surface area contributed by atoms with Crippen LogP contribution in [-0.2, 0) is 4.79 Å². The fourth-order valence-electron chi connectivity index (χ4n) is 1.35. The van der Waals surface area contributed by atoms with E-state index in [-0.39, 0.29) is 18.5 Å². The topological polar surface area (TPSA) is 69.6 Å². The molecular formula is C12H24N2O3. The van der Waals surface area contributed by atoms with Crippen molar-refractivity contribution in [3.63, 3.8) is 0 Å². The molecule has 0 saturated carbocycles. The van der Waals surface area contributed by atoms with Crippen LogP contribution in [0.2, 0.25) is 0 Å². The average molecular weight is 244 g/mol. The van der Waals surface area contributed by atoms with Gasteiger partial charge in [-0.15, -0.1) is 0 Å². The molecular weight excluding hydrogens is 220 g/mol. The number of aliphatic carboxylic acids is 1. The Morgan fingerprint density at radius 2 is 1.94 bits per heavy atom. The highest BCUT2D eigenvalue weighted by molar-refractivity contribution is 5.75. The second-order valence-corrected chi connectivity index (χ2v) is 4.76. The van der Waals surface area contributed by atoms with Gasteiger partial charge < -0.3 is 15.3 Å². The summed E-state index contributed by atoms with van der Waals surface area (Å²) in [6.07, 6.45) is 1.54. The monoisotopic (exact) mass is 244 g/mol. The molecule has 0 aromatic heterocycles. The van der Waals surface area contributed by atoms with Gasteiger partial charge in [0.25, 0.3) is 0 Å². The summed E-state index contributed by atoms with van der Waals surface area (Å²) in [5.74, 6) is -0.340. The van der Waals surface area contributed by atoms with Crippen molar-refractivity contribution in [2.45, 2.75) is 46.1 Å². The van der Waals surface area contributed by atoms with Crippen molar-refractivity contribution < 1.29 is 14.7 Å². The number of hydrogen-bond acceptors (Lipinski definition) is 2. The third-order valence-electron chi connectivity index (χ3n) is 2.63. The lowest BCUT2D eigenvalue weighted by Crippen LogP contribution is -2.44. The first-order valence-corrected chi connectivity index (χ1v) is 6.10. The van der Waals surface area contributed by atoms with Crippen LogP contribution >= 0.6 is 0 Å². The summed E-state index contributed by atoms with van der Waals surface area (Å²) < 4.78 is 0. The lowest BCUT2D eigenvalue weighted by atomic mass is 10.1. The first-order chi connectivity index (χ1) is 7.86. The lowest BCUT2D eigenvalue weighted by molar-refractivity contribution is -0.137. The van der Waals surface area contributed by atoms with Crippen molar-refractivity contribution in [2.24, 2.45) is 5.92 Å². The molecule has 100 valence electrons. The van der Waals surface area contributed by atoms with Crippen LogP contribution in [0.25, 0.3) is 0 Å². The van der Waals surface area contributed by atoms with Gasteiger partial charge in [-0.2, -0.15) is 0 Å². The number of hydrogen-bond donors (Lipinski definition) is 2. The highest BCUT2D eigenvalue weighted by atomic mass is 16.4. The third kappa shape index (κ3) is 7.60. The zero-order chi connectivity index (χ0) is 13.4. The number of nitrogens with one attached hydrogen (secondary N) is 1. The third-order valence-corrected chi connectivity index (χ3v) is 2.63. The van der Waals surface area contributed by atoms with Crippen LogP contribution in [0.4, 0.5) is 4.79 Å². The van der Waals surface area contributed by atoms with Crippen molar-refractivity contribution in [3.8, 4) is 0 Å². The summed E-state index contributed by atoms with van der Waals surface area (Å²) in [6, 6.07) is -0.486. The Balaban J connectivity index is 4.07. The van der Waals surface area contributed by atoms with Crippen LogP contribution in [-0.4, -0.2) is 41.6 Å². The number of carboxylic acid groups (broad SMARTS) is 1. The number of urea groups is 1. The first-order valence-electron chi connectivity index (χ1n) is 6.10. The van der Waals surface area contributed by atoms with Crippen LogP contribution in [0.5, 0.6) is 0 Å². The van der Waals surface area contributed by atoms with E-state index >= 15 is 0 Å². The zero-order valence-electron chi connectivity index (χ0n) is 11.2. The van der Waals surface area contributed by atoms with Crippen molar-refractivity contribution >= 4 is 12.0 Å². The van der Waals surface area contributed by atoms with Gasteiger partial charge in [0.1, 0.15) is 0 Å². The second kappa shape index (κ2) is 7.92. The smallest absolute Gasteiger partial charge is 0.317 e. The Bertz CT molecular complexity index is 254. The summed E-state index contributed by atoms with van der Waals surface area (Å²) in [5, 5.41) is 11.4. The van der Waals surface area contributed by atoms with E-state index in [9.17, 15) is 9.59 Å². The quantitative estimate of drug-likeness (QED) is 0.719. The van der Waals surface area contributed by atoms with E-state index in [4.69, 9.17) is 5.11 Å². The molecule has 2 amide bonds. The highest BCUT2D eigenvalue weighted by Crippen LogP contribution is 2.02. The van der Waals surface area contributed by atoms with Crippen LogP contribution in [0.3, 0.4) is 0 Å². The van der Waals surface area contributed by atoms with Gasteiger partial charge in [0.2, 0.25) is 0 Å². The van der Waals surface area contributed by atoms with Gasteiger partial charge in [0, 0.05) is 19.6 Å². The predicted octanol–water partition coefficient (Wildman–Crippen LogP) is 1.93. The molecule has 0 aromatic carbocycles. The average Bonchev–Trinajstić information content (AvgIpc) is 2.23. The normalized spacial score (nSPS) is 12.3. The Kier molecular flexibility index (Phi) is 7.34. The summed E-state index contributed by atoms with van der Waals surface area (Å²) in [6.45, 7) is 6.76. The maximum atomic E-state index is 11.7. The van der Waals surface area contributed by atoms with Crippen molar-refractivity contribution in [3.05, 3.63) is 0 Å². The number of amides is 2. The van der Waals surface area contributed by atoms with E-state index in [1.54, 1.807) is 11.9 Å². The Morgan fingerprint density at radius 1 is 1.35 bits per heavy atom. The fourth-order valence-corrected chi connectivity index (χ4v) is 1.35. The van der Waals surface area contributed by atoms with Gasteiger partial charge in [0.05, 0.1) is 6.42 Å². The van der Waals surface area contributed by atoms with E-state index in [2.05, 4.69) is 19.2 Å². The van der Waals surface area contributed by atoms with Crippen LogP contribution in [0.15, 0.2) is 0 Å². The summed E-state index contributed by atoms with van der Waals surface area (Å²) >= 11 is 0. The SMILES string of the molecule is CCC(CC(=O)O)NC(=O)N(C)CCC(C)C. The van der Waals surface area contributed by atoms with E-state index in [0.717, 1.165) is 6.42 Å². The predicted molar refractivity (Wildman–Crippen MR) is 66.9 cm³/mol. The maximum Gasteiger partial charge on any atom is 0.317 e. The number of carbonyl (C=O) groups is 2. The molecule has 0 aliphatic carbocycles. The van der Waals surface area contributed by atoms with Crippen LogP contribution in [0.1, 0.15) is 40.0 Å². The Morgan fingerprint density at radius 3 is 2.35 bits per heavy atom. The molecule has 0 spiro atoms. The van der Waals surface area contributed by atoms with Crippen LogP contribution in [0, 0.1) is 5.92 Å². The molecule has 1 unspecified atom stereocenters. The van der Waals surface area contributed by atoms with E-state index in [0.29, 0.717) is 18.9 Å². The standard InChI is InChI=1S/C12H24N2O3/c1-5-10(8-11(15)16)13-12(17)14(4)7-6-9(2)3/h9-10H,5-8H2,1-4H3,(H,13,17)(H,15,16). The highest BCUT2D eigenvalue weighted by Gasteiger charge is 2.16. The minimum absolute atomic E-state index is 0.0275. The van der Waals surface area contributed by atoms with Gasteiger partial charge in [-0.3, -0.25) is 4.79 Å². The Hall–Kier alpha value is -1.26. The van der Waals surface area contributed by atoms with Crippen molar-refractivity contribution in [1.29, 1.82) is 0 Å². The number of carbonyl (C=O) groups excluding carboxylic acids is 1. The minimum Gasteiger partial charge on any atom is -0.481 e. The molecule has 0 saturated heterocycles. The lowest BCUT2D eigenvalue weighted by Gasteiger charge is -2.22. The molecule has 0 aromatic rings. The second-order valence-electron chi connectivity index (χ2n) is 4.76. The molecule has 5 heteroatoms. The molecule has 5 nitrogen and oxygen atoms in total. The zero-order valence-corrected chi connectivity index (χ0v) is 11.2. The number of rotatable bonds is 7. The van der Waals surface area contributed by atoms with Crippen molar-refractivity contribution in [2.75, 3.05) is 13.6 Å². The largest absolute Gasteiger partial charge is 0.481 e.